The molecule has 34 heavy (non-hydrogen) atoms. The summed E-state index contributed by atoms with van der Waals surface area (Å²) in [5.41, 5.74) is -5.16. The number of carbonyl (C=O) groups excluding carboxylic acids is 1. The molecule has 0 bridgehead atoms. The fourth-order valence-corrected chi connectivity index (χ4v) is 4.54. The minimum Gasteiger partial charge on any atom is -0.374 e. The molecule has 0 fully saturated rings. The smallest absolute Gasteiger partial charge is 0.374 e. The van der Waals surface area contributed by atoms with Crippen molar-refractivity contribution in [3.8, 4) is 5.75 Å². The van der Waals surface area contributed by atoms with E-state index in [1.807, 2.05) is 0 Å². The van der Waals surface area contributed by atoms with E-state index in [2.05, 4.69) is 4.18 Å². The molecule has 0 heterocycles. The molecule has 7 nitrogen and oxygen atoms in total. The molecule has 1 amide bonds. The summed E-state index contributed by atoms with van der Waals surface area (Å²) in [5, 5.41) is 0.997. The Morgan fingerprint density at radius 2 is 1.47 bits per heavy atom. The van der Waals surface area contributed by atoms with Gasteiger partial charge in [0, 0.05) is 6.54 Å². The van der Waals surface area contributed by atoms with Crippen molar-refractivity contribution in [2.75, 3.05) is 6.54 Å². The van der Waals surface area contributed by atoms with E-state index in [0.29, 0.717) is 11.6 Å². The molecule has 0 aliphatic rings. The van der Waals surface area contributed by atoms with Gasteiger partial charge in [-0.15, -0.1) is 0 Å². The number of rotatable bonds is 8. The molecule has 0 unspecified atom stereocenters. The number of halogens is 7. The summed E-state index contributed by atoms with van der Waals surface area (Å²) in [5.74, 6) is -2.99. The highest BCUT2D eigenvalue weighted by Crippen LogP contribution is 2.34. The van der Waals surface area contributed by atoms with Crippen LogP contribution in [0.1, 0.15) is 12.0 Å². The quantitative estimate of drug-likeness (QED) is 0.229. The average molecular weight is 554 g/mol. The maximum atomic E-state index is 12.7. The molecule has 1 N–H and O–H groups in total. The second kappa shape index (κ2) is 10.00. The van der Waals surface area contributed by atoms with E-state index in [0.717, 1.165) is 12.1 Å². The zero-order chi connectivity index (χ0) is 25.9. The number of alkyl halides is 6. The highest BCUT2D eigenvalue weighted by molar-refractivity contribution is 7.91. The van der Waals surface area contributed by atoms with Gasteiger partial charge in [-0.1, -0.05) is 23.7 Å². The summed E-state index contributed by atoms with van der Waals surface area (Å²) in [7, 11) is -10.2. The summed E-state index contributed by atoms with van der Waals surface area (Å²) in [6, 6.07) is 7.31. The number of carbonyl (C=O) groups is 1. The monoisotopic (exact) mass is 553 g/mol. The Labute approximate surface area is 194 Å². The van der Waals surface area contributed by atoms with E-state index in [-0.39, 0.29) is 24.3 Å². The maximum absolute atomic E-state index is 12.7. The van der Waals surface area contributed by atoms with Crippen LogP contribution in [0.5, 0.6) is 5.75 Å². The van der Waals surface area contributed by atoms with Gasteiger partial charge in [-0.2, -0.15) is 34.8 Å². The third-order valence-corrected chi connectivity index (χ3v) is 7.14. The molecule has 0 atom stereocenters. The number of hydrogen-bond acceptors (Lipinski definition) is 6. The first kappa shape index (κ1) is 27.7. The second-order valence-electron chi connectivity index (χ2n) is 6.58. The standard InChI is InChI=1S/C18H14ClF6NO6S2/c19-14-10-13(7-8-15(14)32-34(30,31)18(23,24)25)33(28,29)12-5-3-11(4-6-12)2-1-9-26-16(27)17(20,21)22/h3-8,10H,1-2,9H2,(H,26,27). The summed E-state index contributed by atoms with van der Waals surface area (Å²) < 4.78 is 125. The van der Waals surface area contributed by atoms with Gasteiger partial charge in [-0.05, 0) is 48.7 Å². The van der Waals surface area contributed by atoms with Gasteiger partial charge in [-0.25, -0.2) is 8.42 Å². The van der Waals surface area contributed by atoms with Crippen LogP contribution >= 0.6 is 11.6 Å². The number of amides is 1. The van der Waals surface area contributed by atoms with Gasteiger partial charge in [-0.3, -0.25) is 4.79 Å². The van der Waals surface area contributed by atoms with Crippen LogP contribution in [0.25, 0.3) is 0 Å². The molecule has 2 aromatic rings. The summed E-state index contributed by atoms with van der Waals surface area (Å²) in [6.45, 7) is -0.255. The van der Waals surface area contributed by atoms with Crippen molar-refractivity contribution in [3.05, 3.63) is 53.1 Å². The third kappa shape index (κ3) is 6.76. The Morgan fingerprint density at radius 1 is 0.912 bits per heavy atom. The Balaban J connectivity index is 2.10. The van der Waals surface area contributed by atoms with Crippen LogP contribution in [-0.2, 0) is 31.2 Å². The molecular weight excluding hydrogens is 540 g/mol. The SMILES string of the molecule is O=C(NCCCc1ccc(S(=O)(=O)c2ccc(OS(=O)(=O)C(F)(F)F)c(Cl)c2)cc1)C(F)(F)F. The molecule has 2 aromatic carbocycles. The first-order chi connectivity index (χ1) is 15.4. The summed E-state index contributed by atoms with van der Waals surface area (Å²) in [6.07, 6.45) is -4.62. The number of sulfone groups is 1. The van der Waals surface area contributed by atoms with Crippen molar-refractivity contribution in [1.29, 1.82) is 0 Å². The molecule has 0 radical (unpaired) electrons. The molecular formula is C18H14ClF6NO6S2. The first-order valence-corrected chi connectivity index (χ1v) is 12.2. The molecule has 2 rings (SSSR count). The second-order valence-corrected chi connectivity index (χ2v) is 10.5. The van der Waals surface area contributed by atoms with Crippen molar-refractivity contribution in [2.45, 2.75) is 34.3 Å². The van der Waals surface area contributed by atoms with Gasteiger partial charge in [0.2, 0.25) is 9.84 Å². The van der Waals surface area contributed by atoms with Gasteiger partial charge >= 0.3 is 27.7 Å². The molecule has 0 aliphatic carbocycles. The van der Waals surface area contributed by atoms with Gasteiger partial charge < -0.3 is 9.50 Å². The lowest BCUT2D eigenvalue weighted by Gasteiger charge is -2.12. The first-order valence-electron chi connectivity index (χ1n) is 8.94. The molecule has 0 spiro atoms. The van der Waals surface area contributed by atoms with Gasteiger partial charge in [0.1, 0.15) is 0 Å². The highest BCUT2D eigenvalue weighted by Gasteiger charge is 2.48. The Kier molecular flexibility index (Phi) is 8.15. The van der Waals surface area contributed by atoms with Crippen molar-refractivity contribution >= 4 is 37.5 Å². The predicted octanol–water partition coefficient (Wildman–Crippen LogP) is 4.01. The van der Waals surface area contributed by atoms with Crippen molar-refractivity contribution in [3.63, 3.8) is 0 Å². The van der Waals surface area contributed by atoms with E-state index in [9.17, 15) is 48.0 Å². The van der Waals surface area contributed by atoms with E-state index in [4.69, 9.17) is 11.6 Å². The van der Waals surface area contributed by atoms with E-state index in [1.165, 1.54) is 24.3 Å². The van der Waals surface area contributed by atoms with Crippen LogP contribution in [-0.4, -0.2) is 41.0 Å². The summed E-state index contributed by atoms with van der Waals surface area (Å²) in [4.78, 5) is 10.0. The number of hydrogen-bond donors (Lipinski definition) is 1. The average Bonchev–Trinajstić information content (AvgIpc) is 2.71. The summed E-state index contributed by atoms with van der Waals surface area (Å²) >= 11 is 5.70. The van der Waals surface area contributed by atoms with E-state index >= 15 is 0 Å². The van der Waals surface area contributed by atoms with E-state index < -0.39 is 53.2 Å². The number of aryl methyl sites for hydroxylation is 1. The minimum atomic E-state index is -6.01. The largest absolute Gasteiger partial charge is 0.534 e. The third-order valence-electron chi connectivity index (χ3n) is 4.12. The van der Waals surface area contributed by atoms with Crippen molar-refractivity contribution in [1.82, 2.24) is 5.32 Å². The lowest BCUT2D eigenvalue weighted by atomic mass is 10.1. The molecule has 0 saturated carbocycles. The van der Waals surface area contributed by atoms with Crippen LogP contribution in [0, 0.1) is 0 Å². The van der Waals surface area contributed by atoms with Crippen LogP contribution < -0.4 is 9.50 Å². The maximum Gasteiger partial charge on any atom is 0.534 e. The van der Waals surface area contributed by atoms with Crippen LogP contribution in [0.3, 0.4) is 0 Å². The lowest BCUT2D eigenvalue weighted by molar-refractivity contribution is -0.173. The lowest BCUT2D eigenvalue weighted by Crippen LogP contribution is -2.37. The minimum absolute atomic E-state index is 0.145. The number of nitrogens with one attached hydrogen (secondary N) is 1. The van der Waals surface area contributed by atoms with Crippen molar-refractivity contribution in [2.24, 2.45) is 0 Å². The van der Waals surface area contributed by atoms with Gasteiger partial charge in [0.15, 0.2) is 5.75 Å². The Bertz CT molecular complexity index is 1260. The predicted molar refractivity (Wildman–Crippen MR) is 106 cm³/mol. The van der Waals surface area contributed by atoms with E-state index in [1.54, 1.807) is 5.32 Å². The molecule has 16 heteroatoms. The topological polar surface area (TPSA) is 107 Å². The van der Waals surface area contributed by atoms with Gasteiger partial charge in [0.25, 0.3) is 0 Å². The zero-order valence-corrected chi connectivity index (χ0v) is 19.0. The molecule has 0 aliphatic heterocycles. The van der Waals surface area contributed by atoms with Crippen LogP contribution in [0.2, 0.25) is 5.02 Å². The highest BCUT2D eigenvalue weighted by atomic mass is 35.5. The fourth-order valence-electron chi connectivity index (χ4n) is 2.45. The molecule has 188 valence electrons. The number of benzene rings is 2. The normalized spacial score (nSPS) is 12.9. The van der Waals surface area contributed by atoms with Crippen LogP contribution in [0.15, 0.2) is 52.3 Å². The molecule has 0 aromatic heterocycles. The van der Waals surface area contributed by atoms with Crippen LogP contribution in [0.4, 0.5) is 26.3 Å². The van der Waals surface area contributed by atoms with Gasteiger partial charge in [0.05, 0.1) is 14.8 Å². The fraction of sp³-hybridized carbons (Fsp3) is 0.278. The zero-order valence-electron chi connectivity index (χ0n) is 16.6. The Hall–Kier alpha value is -2.52. The van der Waals surface area contributed by atoms with Crippen molar-refractivity contribution < 1.29 is 52.2 Å². The molecule has 0 saturated heterocycles. The Morgan fingerprint density at radius 3 is 1.97 bits per heavy atom.